The van der Waals surface area contributed by atoms with Gasteiger partial charge in [0, 0.05) is 11.8 Å². The van der Waals surface area contributed by atoms with Crippen LogP contribution in [0.2, 0.25) is 0 Å². The number of rotatable bonds is 4. The Kier molecular flexibility index (Phi) is 2.65. The number of hydrogen-bond donors (Lipinski definition) is 2. The molecule has 7 nitrogen and oxygen atoms in total. The molecule has 0 aliphatic rings. The van der Waals surface area contributed by atoms with Crippen molar-refractivity contribution in [3.05, 3.63) is 41.6 Å². The van der Waals surface area contributed by atoms with Gasteiger partial charge in [-0.3, -0.25) is 9.48 Å². The van der Waals surface area contributed by atoms with Crippen LogP contribution >= 0.6 is 0 Å². The van der Waals surface area contributed by atoms with Crippen molar-refractivity contribution in [3.63, 3.8) is 0 Å². The van der Waals surface area contributed by atoms with Gasteiger partial charge in [-0.05, 0) is 6.07 Å². The first-order valence-corrected chi connectivity index (χ1v) is 4.70. The van der Waals surface area contributed by atoms with E-state index in [0.29, 0.717) is 5.56 Å². The molecule has 0 atom stereocenters. The van der Waals surface area contributed by atoms with Gasteiger partial charge in [-0.1, -0.05) is 0 Å². The first kappa shape index (κ1) is 10.9. The lowest BCUT2D eigenvalue weighted by Crippen LogP contribution is -2.10. The summed E-state index contributed by atoms with van der Waals surface area (Å²) in [5.41, 5.74) is 5.81. The third-order valence-corrected chi connectivity index (χ3v) is 2.19. The monoisotopic (exact) mass is 235 g/mol. The molecule has 2 aromatic rings. The lowest BCUT2D eigenvalue weighted by atomic mass is 10.2. The molecule has 0 fully saturated rings. The van der Waals surface area contributed by atoms with Crippen LogP contribution in [0.5, 0.6) is 0 Å². The van der Waals surface area contributed by atoms with E-state index in [1.165, 1.54) is 29.4 Å². The zero-order valence-electron chi connectivity index (χ0n) is 8.66. The normalized spacial score (nSPS) is 10.4. The number of carboxylic acid groups (broad SMARTS) is 1. The molecule has 17 heavy (non-hydrogen) atoms. The fourth-order valence-corrected chi connectivity index (χ4v) is 1.40. The largest absolute Gasteiger partial charge is 0.475 e. The second kappa shape index (κ2) is 4.12. The highest BCUT2D eigenvalue weighted by atomic mass is 16.4. The van der Waals surface area contributed by atoms with Gasteiger partial charge in [0.1, 0.15) is 0 Å². The minimum atomic E-state index is -1.15. The van der Waals surface area contributed by atoms with Crippen LogP contribution in [-0.2, 0) is 6.54 Å². The molecule has 0 spiro atoms. The fraction of sp³-hybridized carbons (Fsp3) is 0.100. The number of nitrogens with zero attached hydrogens (tertiary/aromatic N) is 2. The van der Waals surface area contributed by atoms with Crippen molar-refractivity contribution in [3.8, 4) is 0 Å². The van der Waals surface area contributed by atoms with E-state index in [2.05, 4.69) is 5.10 Å². The second-order valence-electron chi connectivity index (χ2n) is 3.37. The van der Waals surface area contributed by atoms with E-state index in [4.69, 9.17) is 15.3 Å². The molecule has 0 saturated heterocycles. The Morgan fingerprint density at radius 1 is 1.53 bits per heavy atom. The van der Waals surface area contributed by atoms with Crippen LogP contribution in [0.3, 0.4) is 0 Å². The van der Waals surface area contributed by atoms with Crippen LogP contribution in [-0.4, -0.2) is 26.8 Å². The highest BCUT2D eigenvalue weighted by Crippen LogP contribution is 2.12. The van der Waals surface area contributed by atoms with Crippen molar-refractivity contribution in [2.45, 2.75) is 6.54 Å². The van der Waals surface area contributed by atoms with Gasteiger partial charge in [-0.2, -0.15) is 5.10 Å². The summed E-state index contributed by atoms with van der Waals surface area (Å²) in [6.07, 6.45) is 4.06. The third-order valence-electron chi connectivity index (χ3n) is 2.19. The van der Waals surface area contributed by atoms with Crippen LogP contribution in [0.25, 0.3) is 0 Å². The minimum absolute atomic E-state index is 0.138. The van der Waals surface area contributed by atoms with Gasteiger partial charge in [0.25, 0.3) is 5.91 Å². The maximum absolute atomic E-state index is 10.8. The van der Waals surface area contributed by atoms with E-state index >= 15 is 0 Å². The van der Waals surface area contributed by atoms with E-state index in [-0.39, 0.29) is 17.9 Å². The van der Waals surface area contributed by atoms with E-state index in [1.54, 1.807) is 0 Å². The molecule has 0 aromatic carbocycles. The Bertz CT molecular complexity index is 570. The summed E-state index contributed by atoms with van der Waals surface area (Å²) in [5, 5.41) is 12.7. The Balaban J connectivity index is 2.22. The standard InChI is InChI=1S/C10H9N3O4/c11-9(14)7-3-12-13(5-7)4-6-1-2-17-8(6)10(15)16/h1-3,5H,4H2,(H2,11,14)(H,15,16). The van der Waals surface area contributed by atoms with Crippen molar-refractivity contribution in [2.75, 3.05) is 0 Å². The summed E-state index contributed by atoms with van der Waals surface area (Å²) in [7, 11) is 0. The number of furan rings is 1. The van der Waals surface area contributed by atoms with E-state index in [0.717, 1.165) is 0 Å². The van der Waals surface area contributed by atoms with Gasteiger partial charge in [-0.25, -0.2) is 4.79 Å². The van der Waals surface area contributed by atoms with Gasteiger partial charge < -0.3 is 15.3 Å². The predicted molar refractivity (Wildman–Crippen MR) is 55.5 cm³/mol. The Hall–Kier alpha value is -2.57. The smallest absolute Gasteiger partial charge is 0.372 e. The zero-order chi connectivity index (χ0) is 12.4. The SMILES string of the molecule is NC(=O)c1cnn(Cc2ccoc2C(=O)O)c1. The summed E-state index contributed by atoms with van der Waals surface area (Å²) < 4.78 is 6.23. The van der Waals surface area contributed by atoms with Crippen molar-refractivity contribution < 1.29 is 19.1 Å². The number of hydrogen-bond acceptors (Lipinski definition) is 4. The van der Waals surface area contributed by atoms with Gasteiger partial charge in [0.2, 0.25) is 5.76 Å². The Morgan fingerprint density at radius 3 is 2.88 bits per heavy atom. The highest BCUT2D eigenvalue weighted by Gasteiger charge is 2.14. The number of carbonyl (C=O) groups is 2. The number of nitrogens with two attached hydrogens (primary N) is 1. The summed E-state index contributed by atoms with van der Waals surface area (Å²) >= 11 is 0. The first-order valence-electron chi connectivity index (χ1n) is 4.70. The lowest BCUT2D eigenvalue weighted by molar-refractivity contribution is 0.0660. The number of carbonyl (C=O) groups excluding carboxylic acids is 1. The summed E-state index contributed by atoms with van der Waals surface area (Å²) in [4.78, 5) is 21.6. The molecule has 2 rings (SSSR count). The van der Waals surface area contributed by atoms with E-state index < -0.39 is 11.9 Å². The Morgan fingerprint density at radius 2 is 2.29 bits per heavy atom. The molecular formula is C10H9N3O4. The first-order chi connectivity index (χ1) is 8.08. The molecular weight excluding hydrogens is 226 g/mol. The van der Waals surface area contributed by atoms with E-state index in [9.17, 15) is 9.59 Å². The number of aromatic carboxylic acids is 1. The van der Waals surface area contributed by atoms with Crippen LogP contribution in [0.4, 0.5) is 0 Å². The average Bonchev–Trinajstić information content (AvgIpc) is 2.86. The van der Waals surface area contributed by atoms with Crippen LogP contribution in [0, 0.1) is 0 Å². The molecule has 0 saturated carbocycles. The zero-order valence-corrected chi connectivity index (χ0v) is 8.66. The third kappa shape index (κ3) is 2.17. The van der Waals surface area contributed by atoms with Crippen molar-refractivity contribution in [1.82, 2.24) is 9.78 Å². The molecule has 2 aromatic heterocycles. The van der Waals surface area contributed by atoms with Gasteiger partial charge >= 0.3 is 5.97 Å². The maximum Gasteiger partial charge on any atom is 0.372 e. The van der Waals surface area contributed by atoms with Crippen LogP contribution < -0.4 is 5.73 Å². The molecule has 7 heteroatoms. The molecule has 0 aliphatic carbocycles. The van der Waals surface area contributed by atoms with Crippen LogP contribution in [0.1, 0.15) is 26.5 Å². The molecule has 3 N–H and O–H groups in total. The molecule has 88 valence electrons. The quantitative estimate of drug-likeness (QED) is 0.792. The summed E-state index contributed by atoms with van der Waals surface area (Å²) in [6, 6.07) is 1.54. The van der Waals surface area contributed by atoms with Gasteiger partial charge in [0.05, 0.1) is 24.6 Å². The number of aromatic nitrogens is 2. The highest BCUT2D eigenvalue weighted by molar-refractivity contribution is 5.92. The molecule has 0 unspecified atom stereocenters. The average molecular weight is 235 g/mol. The summed E-state index contributed by atoms with van der Waals surface area (Å²) in [5.74, 6) is -1.87. The van der Waals surface area contributed by atoms with Crippen molar-refractivity contribution >= 4 is 11.9 Å². The molecule has 0 bridgehead atoms. The number of primary amides is 1. The van der Waals surface area contributed by atoms with E-state index in [1.807, 2.05) is 0 Å². The second-order valence-corrected chi connectivity index (χ2v) is 3.37. The van der Waals surface area contributed by atoms with Gasteiger partial charge in [0.15, 0.2) is 0 Å². The topological polar surface area (TPSA) is 111 Å². The maximum atomic E-state index is 10.8. The molecule has 2 heterocycles. The molecule has 1 amide bonds. The van der Waals surface area contributed by atoms with Crippen molar-refractivity contribution in [2.24, 2.45) is 5.73 Å². The minimum Gasteiger partial charge on any atom is -0.475 e. The van der Waals surface area contributed by atoms with Gasteiger partial charge in [-0.15, -0.1) is 0 Å². The number of carboxylic acids is 1. The lowest BCUT2D eigenvalue weighted by Gasteiger charge is -1.99. The summed E-state index contributed by atoms with van der Waals surface area (Å²) in [6.45, 7) is 0.200. The Labute approximate surface area is 95.4 Å². The van der Waals surface area contributed by atoms with Crippen LogP contribution in [0.15, 0.2) is 29.1 Å². The molecule has 0 radical (unpaired) electrons. The predicted octanol–water partition coefficient (Wildman–Crippen LogP) is 0.321. The fourth-order valence-electron chi connectivity index (χ4n) is 1.40. The molecule has 0 aliphatic heterocycles. The number of amides is 1. The van der Waals surface area contributed by atoms with Crippen molar-refractivity contribution in [1.29, 1.82) is 0 Å².